The average Bonchev–Trinajstić information content (AvgIpc) is 2.32. The molecule has 0 bridgehead atoms. The van der Waals surface area contributed by atoms with Gasteiger partial charge in [0.05, 0.1) is 4.83 Å². The molecule has 1 aliphatic rings. The fourth-order valence-electron chi connectivity index (χ4n) is 2.03. The molecular weight excluding hydrogens is 264 g/mol. The Kier molecular flexibility index (Phi) is 2.18. The summed E-state index contributed by atoms with van der Waals surface area (Å²) >= 11 is 3.35. The predicted octanol–water partition coefficient (Wildman–Crippen LogP) is 3.81. The molecule has 0 N–H and O–H groups in total. The number of rotatable bonds is 0. The molecule has 0 aromatic heterocycles. The number of hydrogen-bond acceptors (Lipinski definition) is 1. The summed E-state index contributed by atoms with van der Waals surface area (Å²) in [6.45, 7) is 0. The van der Waals surface area contributed by atoms with Crippen LogP contribution in [0.2, 0.25) is 0 Å². The lowest BCUT2D eigenvalue weighted by Gasteiger charge is -2.14. The van der Waals surface area contributed by atoms with Crippen molar-refractivity contribution >= 4 is 38.6 Å². The van der Waals surface area contributed by atoms with Gasteiger partial charge in [0.2, 0.25) is 0 Å². The molecule has 0 aliphatic heterocycles. The zero-order valence-electron chi connectivity index (χ0n) is 8.48. The number of carbonyl (C=O) groups is 1. The van der Waals surface area contributed by atoms with Gasteiger partial charge in [-0.3, -0.25) is 4.79 Å². The molecule has 0 saturated carbocycles. The highest BCUT2D eigenvalue weighted by atomic mass is 79.9. The van der Waals surface area contributed by atoms with Gasteiger partial charge >= 0.3 is 0 Å². The monoisotopic (exact) mass is 272 g/mol. The Hall–Kier alpha value is -1.41. The van der Waals surface area contributed by atoms with Crippen LogP contribution in [0.1, 0.15) is 15.9 Å². The van der Waals surface area contributed by atoms with Crippen LogP contribution in [-0.4, -0.2) is 10.6 Å². The fourth-order valence-corrected chi connectivity index (χ4v) is 2.43. The first-order valence-corrected chi connectivity index (χ1v) is 6.06. The van der Waals surface area contributed by atoms with Gasteiger partial charge in [-0.05, 0) is 28.5 Å². The molecule has 0 radical (unpaired) electrons. The van der Waals surface area contributed by atoms with E-state index in [2.05, 4.69) is 28.1 Å². The second-order valence-electron chi connectivity index (χ2n) is 3.91. The van der Waals surface area contributed by atoms with Crippen LogP contribution >= 0.6 is 15.9 Å². The smallest absolute Gasteiger partial charge is 0.180 e. The summed E-state index contributed by atoms with van der Waals surface area (Å²) in [5.41, 5.74) is 1.82. The maximum atomic E-state index is 12.0. The number of halogens is 1. The van der Waals surface area contributed by atoms with Gasteiger partial charge in [-0.1, -0.05) is 52.3 Å². The summed E-state index contributed by atoms with van der Waals surface area (Å²) in [6.07, 6.45) is 3.89. The highest BCUT2D eigenvalue weighted by Crippen LogP contribution is 2.27. The number of alkyl halides is 1. The molecule has 1 atom stereocenters. The summed E-state index contributed by atoms with van der Waals surface area (Å²) in [5.74, 6) is 0.142. The van der Waals surface area contributed by atoms with E-state index in [0.717, 1.165) is 16.5 Å². The van der Waals surface area contributed by atoms with E-state index in [-0.39, 0.29) is 10.6 Å². The number of fused-ring (bicyclic) bond motifs is 2. The van der Waals surface area contributed by atoms with E-state index in [1.54, 1.807) is 0 Å². The van der Waals surface area contributed by atoms with Gasteiger partial charge in [0.25, 0.3) is 0 Å². The number of allylic oxidation sites excluding steroid dienone is 1. The summed E-state index contributed by atoms with van der Waals surface area (Å²) in [4.78, 5) is 11.8. The van der Waals surface area contributed by atoms with Crippen LogP contribution < -0.4 is 0 Å². The topological polar surface area (TPSA) is 17.1 Å². The highest BCUT2D eigenvalue weighted by Gasteiger charge is 2.21. The Bertz CT molecular complexity index is 613. The minimum absolute atomic E-state index is 0.142. The minimum Gasteiger partial charge on any atom is -0.293 e. The second-order valence-corrected chi connectivity index (χ2v) is 4.90. The van der Waals surface area contributed by atoms with Crippen molar-refractivity contribution in [1.82, 2.24) is 0 Å². The lowest BCUT2D eigenvalue weighted by atomic mass is 9.93. The van der Waals surface area contributed by atoms with Crippen LogP contribution in [-0.2, 0) is 0 Å². The molecule has 0 spiro atoms. The molecule has 1 aliphatic carbocycles. The van der Waals surface area contributed by atoms with Crippen molar-refractivity contribution in [1.29, 1.82) is 0 Å². The van der Waals surface area contributed by atoms with E-state index in [4.69, 9.17) is 0 Å². The maximum absolute atomic E-state index is 12.0. The normalized spacial score (nSPS) is 18.8. The molecule has 2 heteroatoms. The number of benzene rings is 2. The van der Waals surface area contributed by atoms with E-state index >= 15 is 0 Å². The zero-order valence-corrected chi connectivity index (χ0v) is 10.1. The second kappa shape index (κ2) is 3.56. The Morgan fingerprint density at radius 2 is 1.75 bits per heavy atom. The third-order valence-corrected chi connectivity index (χ3v) is 3.60. The highest BCUT2D eigenvalue weighted by molar-refractivity contribution is 9.10. The molecule has 0 fully saturated rings. The fraction of sp³-hybridized carbons (Fsp3) is 0.0714. The standard InChI is InChI=1S/C14H9BrO/c15-13-6-5-11-7-9-3-1-2-4-10(9)8-12(11)14(13)16/h1-8,13H. The first kappa shape index (κ1) is 9.79. The molecule has 3 rings (SSSR count). The lowest BCUT2D eigenvalue weighted by Crippen LogP contribution is -2.16. The average molecular weight is 273 g/mol. The SMILES string of the molecule is O=C1c2cc3ccccc3cc2C=CC1Br. The molecule has 2 aromatic carbocycles. The van der Waals surface area contributed by atoms with Crippen LogP contribution in [0.25, 0.3) is 16.8 Å². The van der Waals surface area contributed by atoms with Gasteiger partial charge in [0, 0.05) is 5.56 Å². The van der Waals surface area contributed by atoms with E-state index in [0.29, 0.717) is 0 Å². The largest absolute Gasteiger partial charge is 0.293 e. The van der Waals surface area contributed by atoms with Crippen LogP contribution in [0.3, 0.4) is 0 Å². The summed E-state index contributed by atoms with van der Waals surface area (Å²) in [7, 11) is 0. The summed E-state index contributed by atoms with van der Waals surface area (Å²) in [6, 6.07) is 12.1. The van der Waals surface area contributed by atoms with Crippen molar-refractivity contribution in [2.75, 3.05) is 0 Å². The summed E-state index contributed by atoms with van der Waals surface area (Å²) < 4.78 is 0. The molecule has 1 unspecified atom stereocenters. The van der Waals surface area contributed by atoms with E-state index in [1.807, 2.05) is 36.4 Å². The van der Waals surface area contributed by atoms with Gasteiger partial charge in [0.15, 0.2) is 5.78 Å². The Morgan fingerprint density at radius 3 is 2.50 bits per heavy atom. The van der Waals surface area contributed by atoms with E-state index < -0.39 is 0 Å². The lowest BCUT2D eigenvalue weighted by molar-refractivity contribution is 0.100. The Balaban J connectivity index is 2.33. The number of hydrogen-bond donors (Lipinski definition) is 0. The van der Waals surface area contributed by atoms with E-state index in [1.165, 1.54) is 5.39 Å². The quantitative estimate of drug-likeness (QED) is 0.667. The van der Waals surface area contributed by atoms with Crippen molar-refractivity contribution in [2.45, 2.75) is 4.83 Å². The van der Waals surface area contributed by atoms with Crippen molar-refractivity contribution in [3.05, 3.63) is 53.6 Å². The zero-order chi connectivity index (χ0) is 11.1. The van der Waals surface area contributed by atoms with Crippen molar-refractivity contribution in [3.63, 3.8) is 0 Å². The number of Topliss-reactive ketones (excluding diaryl/α,β-unsaturated/α-hetero) is 1. The van der Waals surface area contributed by atoms with E-state index in [9.17, 15) is 4.79 Å². The molecule has 78 valence electrons. The van der Waals surface area contributed by atoms with Crippen molar-refractivity contribution < 1.29 is 4.79 Å². The molecule has 2 aromatic rings. The van der Waals surface area contributed by atoms with Crippen LogP contribution in [0.4, 0.5) is 0 Å². The minimum atomic E-state index is -0.179. The molecule has 0 amide bonds. The maximum Gasteiger partial charge on any atom is 0.180 e. The molecule has 16 heavy (non-hydrogen) atoms. The number of ketones is 1. The van der Waals surface area contributed by atoms with Gasteiger partial charge in [-0.15, -0.1) is 0 Å². The van der Waals surface area contributed by atoms with Gasteiger partial charge in [0.1, 0.15) is 0 Å². The van der Waals surface area contributed by atoms with Gasteiger partial charge < -0.3 is 0 Å². The van der Waals surface area contributed by atoms with Crippen LogP contribution in [0.5, 0.6) is 0 Å². The molecule has 1 nitrogen and oxygen atoms in total. The predicted molar refractivity (Wildman–Crippen MR) is 70.0 cm³/mol. The molecule has 0 heterocycles. The van der Waals surface area contributed by atoms with Gasteiger partial charge in [-0.2, -0.15) is 0 Å². The third kappa shape index (κ3) is 1.41. The Labute approximate surface area is 102 Å². The molecular formula is C14H9BrO. The summed E-state index contributed by atoms with van der Waals surface area (Å²) in [5, 5.41) is 2.29. The van der Waals surface area contributed by atoms with Crippen LogP contribution in [0.15, 0.2) is 42.5 Å². The van der Waals surface area contributed by atoms with Crippen molar-refractivity contribution in [3.8, 4) is 0 Å². The van der Waals surface area contributed by atoms with Crippen LogP contribution in [0, 0.1) is 0 Å². The first-order valence-electron chi connectivity index (χ1n) is 5.15. The first-order chi connectivity index (χ1) is 7.75. The van der Waals surface area contributed by atoms with Crippen molar-refractivity contribution in [2.24, 2.45) is 0 Å². The molecule has 0 saturated heterocycles. The number of carbonyl (C=O) groups excluding carboxylic acids is 1. The van der Waals surface area contributed by atoms with Gasteiger partial charge in [-0.25, -0.2) is 0 Å². The third-order valence-electron chi connectivity index (χ3n) is 2.88. The Morgan fingerprint density at radius 1 is 1.06 bits per heavy atom.